The Kier molecular flexibility index (Phi) is 4.35. The minimum Gasteiger partial charge on any atom is -0.256 e. The highest BCUT2D eigenvalue weighted by Gasteiger charge is 2.17. The molecule has 8 heteroatoms. The van der Waals surface area contributed by atoms with E-state index in [4.69, 9.17) is 5.26 Å². The minimum atomic E-state index is -3.65. The molecule has 0 aliphatic carbocycles. The van der Waals surface area contributed by atoms with E-state index in [1.807, 2.05) is 6.07 Å². The molecule has 7 nitrogen and oxygen atoms in total. The van der Waals surface area contributed by atoms with E-state index in [0.29, 0.717) is 23.4 Å². The first-order chi connectivity index (χ1) is 9.92. The number of nitrogens with zero attached hydrogens (tertiary/aromatic N) is 4. The summed E-state index contributed by atoms with van der Waals surface area (Å²) < 4.78 is 28.6. The standard InChI is InChI=1S/C13H15N5O2S/c1-10-3-4-11(8-14)7-12(10)21(19,20)16-6-5-13-15-9-18(2)17-13/h3-4,7,9,16H,5-6H2,1-2H3. The van der Waals surface area contributed by atoms with Gasteiger partial charge < -0.3 is 0 Å². The van der Waals surface area contributed by atoms with Crippen LogP contribution in [0.4, 0.5) is 0 Å². The lowest BCUT2D eigenvalue weighted by Gasteiger charge is -2.08. The van der Waals surface area contributed by atoms with Crippen LogP contribution in [-0.2, 0) is 23.5 Å². The molecule has 1 aromatic heterocycles. The van der Waals surface area contributed by atoms with Crippen molar-refractivity contribution >= 4 is 10.0 Å². The molecule has 0 atom stereocenters. The first-order valence-electron chi connectivity index (χ1n) is 6.27. The molecule has 0 spiro atoms. The van der Waals surface area contributed by atoms with Crippen LogP contribution in [0.1, 0.15) is 17.0 Å². The Morgan fingerprint density at radius 1 is 1.43 bits per heavy atom. The Morgan fingerprint density at radius 2 is 2.19 bits per heavy atom. The van der Waals surface area contributed by atoms with E-state index in [0.717, 1.165) is 0 Å². The van der Waals surface area contributed by atoms with Gasteiger partial charge in [-0.1, -0.05) is 6.07 Å². The van der Waals surface area contributed by atoms with Crippen LogP contribution < -0.4 is 4.72 Å². The number of aryl methyl sites for hydroxylation is 2. The molecule has 0 radical (unpaired) electrons. The van der Waals surface area contributed by atoms with Gasteiger partial charge in [0.25, 0.3) is 0 Å². The molecule has 0 aliphatic rings. The normalized spacial score (nSPS) is 11.3. The third-order valence-electron chi connectivity index (χ3n) is 2.89. The number of hydrogen-bond donors (Lipinski definition) is 1. The van der Waals surface area contributed by atoms with E-state index in [-0.39, 0.29) is 11.4 Å². The highest BCUT2D eigenvalue weighted by molar-refractivity contribution is 7.89. The summed E-state index contributed by atoms with van der Waals surface area (Å²) in [5, 5.41) is 12.9. The number of rotatable bonds is 5. The average molecular weight is 305 g/mol. The second kappa shape index (κ2) is 6.03. The van der Waals surface area contributed by atoms with E-state index in [1.54, 1.807) is 37.1 Å². The molecule has 110 valence electrons. The van der Waals surface area contributed by atoms with Crippen molar-refractivity contribution in [2.45, 2.75) is 18.2 Å². The number of hydrogen-bond acceptors (Lipinski definition) is 5. The van der Waals surface area contributed by atoms with Crippen molar-refractivity contribution in [3.05, 3.63) is 41.5 Å². The van der Waals surface area contributed by atoms with Gasteiger partial charge in [-0.3, -0.25) is 4.68 Å². The third-order valence-corrected chi connectivity index (χ3v) is 4.50. The van der Waals surface area contributed by atoms with E-state index in [2.05, 4.69) is 14.8 Å². The van der Waals surface area contributed by atoms with Crippen LogP contribution >= 0.6 is 0 Å². The molecule has 0 amide bonds. The van der Waals surface area contributed by atoms with Gasteiger partial charge in [0, 0.05) is 20.0 Å². The van der Waals surface area contributed by atoms with Crippen LogP contribution in [0.25, 0.3) is 0 Å². The summed E-state index contributed by atoms with van der Waals surface area (Å²) in [5.41, 5.74) is 0.907. The van der Waals surface area contributed by atoms with Gasteiger partial charge in [-0.2, -0.15) is 10.4 Å². The summed E-state index contributed by atoms with van der Waals surface area (Å²) in [6.45, 7) is 1.89. The monoisotopic (exact) mass is 305 g/mol. The Balaban J connectivity index is 2.10. The fraction of sp³-hybridized carbons (Fsp3) is 0.308. The van der Waals surface area contributed by atoms with Gasteiger partial charge in [0.05, 0.1) is 16.5 Å². The summed E-state index contributed by atoms with van der Waals surface area (Å²) in [4.78, 5) is 4.15. The average Bonchev–Trinajstić information content (AvgIpc) is 2.84. The van der Waals surface area contributed by atoms with Crippen LogP contribution in [0.5, 0.6) is 0 Å². The molecular weight excluding hydrogens is 290 g/mol. The summed E-state index contributed by atoms with van der Waals surface area (Å²) in [7, 11) is -1.90. The summed E-state index contributed by atoms with van der Waals surface area (Å²) in [6.07, 6.45) is 1.96. The zero-order chi connectivity index (χ0) is 15.5. The van der Waals surface area contributed by atoms with Crippen molar-refractivity contribution in [1.29, 1.82) is 5.26 Å². The first kappa shape index (κ1) is 15.2. The van der Waals surface area contributed by atoms with E-state index in [9.17, 15) is 8.42 Å². The van der Waals surface area contributed by atoms with Gasteiger partial charge in [-0.25, -0.2) is 18.1 Å². The smallest absolute Gasteiger partial charge is 0.240 e. The molecular formula is C13H15N5O2S. The molecule has 21 heavy (non-hydrogen) atoms. The predicted molar refractivity (Wildman–Crippen MR) is 75.8 cm³/mol. The maximum absolute atomic E-state index is 12.3. The molecule has 1 N–H and O–H groups in total. The fourth-order valence-electron chi connectivity index (χ4n) is 1.83. The van der Waals surface area contributed by atoms with Crippen LogP contribution in [-0.4, -0.2) is 29.7 Å². The number of benzene rings is 1. The van der Waals surface area contributed by atoms with Gasteiger partial charge in [0.1, 0.15) is 6.33 Å². The molecule has 0 bridgehead atoms. The minimum absolute atomic E-state index is 0.121. The largest absolute Gasteiger partial charge is 0.256 e. The fourth-order valence-corrected chi connectivity index (χ4v) is 3.13. The highest BCUT2D eigenvalue weighted by Crippen LogP contribution is 2.16. The summed E-state index contributed by atoms with van der Waals surface area (Å²) in [5.74, 6) is 0.572. The van der Waals surface area contributed by atoms with Crippen LogP contribution in [0.15, 0.2) is 29.4 Å². The van der Waals surface area contributed by atoms with E-state index < -0.39 is 10.0 Å². The Hall–Kier alpha value is -2.24. The Labute approximate surface area is 123 Å². The molecule has 0 saturated heterocycles. The third kappa shape index (κ3) is 3.65. The Bertz CT molecular complexity index is 789. The van der Waals surface area contributed by atoms with E-state index >= 15 is 0 Å². The first-order valence-corrected chi connectivity index (χ1v) is 7.75. The molecule has 0 saturated carbocycles. The number of aromatic nitrogens is 3. The van der Waals surface area contributed by atoms with Crippen molar-refractivity contribution in [3.8, 4) is 6.07 Å². The number of sulfonamides is 1. The van der Waals surface area contributed by atoms with Gasteiger partial charge in [0.15, 0.2) is 5.82 Å². The maximum atomic E-state index is 12.3. The van der Waals surface area contributed by atoms with Crippen molar-refractivity contribution < 1.29 is 8.42 Å². The topological polar surface area (TPSA) is 101 Å². The molecule has 1 heterocycles. The zero-order valence-corrected chi connectivity index (χ0v) is 12.6. The molecule has 0 aliphatic heterocycles. The van der Waals surface area contributed by atoms with Gasteiger partial charge >= 0.3 is 0 Å². The summed E-state index contributed by atoms with van der Waals surface area (Å²) in [6, 6.07) is 6.52. The van der Waals surface area contributed by atoms with Crippen molar-refractivity contribution in [2.75, 3.05) is 6.54 Å². The predicted octanol–water partition coefficient (Wildman–Crippen LogP) is 0.516. The van der Waals surface area contributed by atoms with Crippen LogP contribution in [0.2, 0.25) is 0 Å². The Morgan fingerprint density at radius 3 is 2.81 bits per heavy atom. The van der Waals surface area contributed by atoms with Gasteiger partial charge in [0.2, 0.25) is 10.0 Å². The molecule has 0 unspecified atom stereocenters. The molecule has 2 aromatic rings. The zero-order valence-electron chi connectivity index (χ0n) is 11.7. The van der Waals surface area contributed by atoms with Gasteiger partial charge in [-0.15, -0.1) is 0 Å². The highest BCUT2D eigenvalue weighted by atomic mass is 32.2. The second-order valence-corrected chi connectivity index (χ2v) is 6.31. The number of nitriles is 1. The molecule has 2 rings (SSSR count). The van der Waals surface area contributed by atoms with Crippen LogP contribution in [0, 0.1) is 18.3 Å². The summed E-state index contributed by atoms with van der Waals surface area (Å²) >= 11 is 0. The van der Waals surface area contributed by atoms with Gasteiger partial charge in [-0.05, 0) is 24.6 Å². The second-order valence-electron chi connectivity index (χ2n) is 4.57. The quantitative estimate of drug-likeness (QED) is 0.867. The van der Waals surface area contributed by atoms with Crippen molar-refractivity contribution in [3.63, 3.8) is 0 Å². The van der Waals surface area contributed by atoms with Crippen molar-refractivity contribution in [1.82, 2.24) is 19.5 Å². The van der Waals surface area contributed by atoms with Crippen LogP contribution in [0.3, 0.4) is 0 Å². The van der Waals surface area contributed by atoms with E-state index in [1.165, 1.54) is 6.07 Å². The lowest BCUT2D eigenvalue weighted by molar-refractivity contribution is 0.580. The lowest BCUT2D eigenvalue weighted by Crippen LogP contribution is -2.27. The lowest BCUT2D eigenvalue weighted by atomic mass is 10.2. The SMILES string of the molecule is Cc1ccc(C#N)cc1S(=O)(=O)NCCc1ncn(C)n1. The maximum Gasteiger partial charge on any atom is 0.240 e. The number of nitrogens with one attached hydrogen (secondary N) is 1. The molecule has 0 fully saturated rings. The molecule has 1 aromatic carbocycles. The van der Waals surface area contributed by atoms with Crippen molar-refractivity contribution in [2.24, 2.45) is 7.05 Å².